The van der Waals surface area contributed by atoms with E-state index in [0.717, 1.165) is 24.4 Å². The van der Waals surface area contributed by atoms with Gasteiger partial charge in [-0.25, -0.2) is 4.79 Å². The molecule has 2 aromatic heterocycles. The summed E-state index contributed by atoms with van der Waals surface area (Å²) >= 11 is 0. The number of ether oxygens (including phenoxy) is 1. The van der Waals surface area contributed by atoms with Crippen LogP contribution in [0.15, 0.2) is 12.4 Å². The van der Waals surface area contributed by atoms with Gasteiger partial charge in [0.15, 0.2) is 11.6 Å². The van der Waals surface area contributed by atoms with Gasteiger partial charge in [-0.1, -0.05) is 19.3 Å². The maximum atomic E-state index is 13.0. The molecule has 0 bridgehead atoms. The number of aromatic nitrogens is 5. The molecule has 1 N–H and O–H groups in total. The lowest BCUT2D eigenvalue weighted by Crippen LogP contribution is -2.36. The van der Waals surface area contributed by atoms with Crippen LogP contribution in [0.4, 0.5) is 10.6 Å². The minimum absolute atomic E-state index is 0.0195. The molecule has 0 unspecified atom stereocenters. The van der Waals surface area contributed by atoms with Crippen molar-refractivity contribution in [2.75, 3.05) is 19.0 Å². The molecule has 2 fully saturated rings. The zero-order valence-corrected chi connectivity index (χ0v) is 16.8. The van der Waals surface area contributed by atoms with E-state index in [1.54, 1.807) is 18.3 Å². The van der Waals surface area contributed by atoms with Crippen LogP contribution in [0.2, 0.25) is 0 Å². The second kappa shape index (κ2) is 7.90. The standard InChI is InChI=1S/C19H29N7O2/c1-13-9-17(23-26(13)14-7-5-4-6-8-14)21-19(27)25-11-15(28-3)10-16(25)18-22-20-12-24(18)2/h9,12,14-16H,4-8,10-11H2,1-3H3,(H,21,23,27)/t15-,16+/m1/s1. The Hall–Kier alpha value is -2.42. The van der Waals surface area contributed by atoms with E-state index in [9.17, 15) is 4.79 Å². The Bertz CT molecular complexity index is 824. The number of methoxy groups -OCH3 is 1. The fourth-order valence-electron chi connectivity index (χ4n) is 4.46. The molecule has 152 valence electrons. The molecular formula is C19H29N7O2. The molecule has 1 saturated carbocycles. The summed E-state index contributed by atoms with van der Waals surface area (Å²) in [5, 5.41) is 15.8. The van der Waals surface area contributed by atoms with Gasteiger partial charge >= 0.3 is 6.03 Å². The summed E-state index contributed by atoms with van der Waals surface area (Å²) in [5.74, 6) is 1.37. The lowest BCUT2D eigenvalue weighted by Gasteiger charge is -2.24. The molecular weight excluding hydrogens is 358 g/mol. The Kier molecular flexibility index (Phi) is 5.34. The number of urea groups is 1. The number of aryl methyl sites for hydroxylation is 2. The van der Waals surface area contributed by atoms with Crippen molar-refractivity contribution in [3.63, 3.8) is 0 Å². The third-order valence-corrected chi connectivity index (χ3v) is 5.98. The second-order valence-electron chi connectivity index (χ2n) is 7.90. The fraction of sp³-hybridized carbons (Fsp3) is 0.684. The Balaban J connectivity index is 1.50. The van der Waals surface area contributed by atoms with Gasteiger partial charge in [0.2, 0.25) is 0 Å². The van der Waals surface area contributed by atoms with E-state index >= 15 is 0 Å². The lowest BCUT2D eigenvalue weighted by atomic mass is 9.95. The molecule has 2 atom stereocenters. The summed E-state index contributed by atoms with van der Waals surface area (Å²) in [6.45, 7) is 2.57. The normalized spacial score (nSPS) is 23.3. The van der Waals surface area contributed by atoms with Crippen molar-refractivity contribution in [1.82, 2.24) is 29.4 Å². The van der Waals surface area contributed by atoms with E-state index in [1.807, 2.05) is 17.7 Å². The quantitative estimate of drug-likeness (QED) is 0.871. The van der Waals surface area contributed by atoms with Crippen LogP contribution in [0.1, 0.15) is 62.1 Å². The highest BCUT2D eigenvalue weighted by Gasteiger charge is 2.39. The first-order valence-corrected chi connectivity index (χ1v) is 10.1. The molecule has 0 spiro atoms. The predicted molar refractivity (Wildman–Crippen MR) is 104 cm³/mol. The number of nitrogens with zero attached hydrogens (tertiary/aromatic N) is 6. The summed E-state index contributed by atoms with van der Waals surface area (Å²) in [7, 11) is 3.57. The summed E-state index contributed by atoms with van der Waals surface area (Å²) in [5.41, 5.74) is 1.09. The largest absolute Gasteiger partial charge is 0.380 e. The molecule has 4 rings (SSSR count). The Morgan fingerprint density at radius 3 is 2.75 bits per heavy atom. The minimum atomic E-state index is -0.180. The molecule has 2 amide bonds. The van der Waals surface area contributed by atoms with Gasteiger partial charge in [0.1, 0.15) is 6.33 Å². The molecule has 0 aromatic carbocycles. The van der Waals surface area contributed by atoms with Gasteiger partial charge in [-0.15, -0.1) is 10.2 Å². The molecule has 2 aromatic rings. The molecule has 9 heteroatoms. The minimum Gasteiger partial charge on any atom is -0.380 e. The number of hydrogen-bond acceptors (Lipinski definition) is 5. The number of carbonyl (C=O) groups excluding carboxylic acids is 1. The molecule has 1 saturated heterocycles. The Morgan fingerprint density at radius 2 is 2.07 bits per heavy atom. The van der Waals surface area contributed by atoms with Crippen molar-refractivity contribution in [2.24, 2.45) is 7.05 Å². The summed E-state index contributed by atoms with van der Waals surface area (Å²) in [6.07, 6.45) is 8.45. The fourth-order valence-corrected chi connectivity index (χ4v) is 4.46. The van der Waals surface area contributed by atoms with Crippen molar-refractivity contribution in [3.8, 4) is 0 Å². The zero-order valence-electron chi connectivity index (χ0n) is 16.8. The Labute approximate surface area is 165 Å². The van der Waals surface area contributed by atoms with Crippen molar-refractivity contribution in [2.45, 2.75) is 63.6 Å². The number of carbonyl (C=O) groups is 1. The average molecular weight is 387 g/mol. The number of anilines is 1. The Morgan fingerprint density at radius 1 is 1.29 bits per heavy atom. The molecule has 28 heavy (non-hydrogen) atoms. The number of likely N-dealkylation sites (tertiary alicyclic amines) is 1. The summed E-state index contributed by atoms with van der Waals surface area (Å²) in [6, 6.07) is 2.04. The van der Waals surface area contributed by atoms with Crippen LogP contribution in [-0.2, 0) is 11.8 Å². The van der Waals surface area contributed by atoms with Gasteiger partial charge in [0, 0.05) is 38.9 Å². The van der Waals surface area contributed by atoms with Crippen LogP contribution < -0.4 is 5.32 Å². The van der Waals surface area contributed by atoms with Crippen molar-refractivity contribution in [1.29, 1.82) is 0 Å². The van der Waals surface area contributed by atoms with Gasteiger partial charge in [-0.2, -0.15) is 5.10 Å². The first-order valence-electron chi connectivity index (χ1n) is 10.1. The van der Waals surface area contributed by atoms with Gasteiger partial charge < -0.3 is 14.2 Å². The highest BCUT2D eigenvalue weighted by atomic mass is 16.5. The first-order chi connectivity index (χ1) is 13.6. The van der Waals surface area contributed by atoms with Gasteiger partial charge in [0.05, 0.1) is 18.2 Å². The predicted octanol–water partition coefficient (Wildman–Crippen LogP) is 2.82. The van der Waals surface area contributed by atoms with Crippen LogP contribution in [0.3, 0.4) is 0 Å². The monoisotopic (exact) mass is 387 g/mol. The van der Waals surface area contributed by atoms with E-state index in [-0.39, 0.29) is 18.2 Å². The third kappa shape index (κ3) is 3.63. The molecule has 1 aliphatic heterocycles. The molecule has 3 heterocycles. The average Bonchev–Trinajstić information content (AvgIpc) is 3.40. The second-order valence-corrected chi connectivity index (χ2v) is 7.90. The van der Waals surface area contributed by atoms with Crippen LogP contribution in [0.5, 0.6) is 0 Å². The molecule has 2 aliphatic rings. The van der Waals surface area contributed by atoms with Crippen LogP contribution in [-0.4, -0.2) is 55.2 Å². The van der Waals surface area contributed by atoms with Crippen LogP contribution in [0.25, 0.3) is 0 Å². The van der Waals surface area contributed by atoms with E-state index in [2.05, 4.69) is 32.2 Å². The van der Waals surface area contributed by atoms with Gasteiger partial charge in [-0.05, 0) is 19.8 Å². The SMILES string of the molecule is CO[C@@H]1C[C@@H](c2nncn2C)N(C(=O)Nc2cc(C)n(C3CCCCC3)n2)C1. The van der Waals surface area contributed by atoms with E-state index < -0.39 is 0 Å². The van der Waals surface area contributed by atoms with E-state index in [4.69, 9.17) is 4.74 Å². The topological polar surface area (TPSA) is 90.1 Å². The third-order valence-electron chi connectivity index (χ3n) is 5.98. The number of amides is 2. The van der Waals surface area contributed by atoms with Crippen molar-refractivity contribution < 1.29 is 9.53 Å². The van der Waals surface area contributed by atoms with E-state index in [1.165, 1.54) is 19.3 Å². The maximum absolute atomic E-state index is 13.0. The number of rotatable bonds is 4. The van der Waals surface area contributed by atoms with Crippen molar-refractivity contribution >= 4 is 11.8 Å². The lowest BCUT2D eigenvalue weighted by molar-refractivity contribution is 0.111. The smallest absolute Gasteiger partial charge is 0.323 e. The zero-order chi connectivity index (χ0) is 19.7. The van der Waals surface area contributed by atoms with Gasteiger partial charge in [0.25, 0.3) is 0 Å². The number of nitrogens with one attached hydrogen (secondary N) is 1. The van der Waals surface area contributed by atoms with E-state index in [0.29, 0.717) is 24.8 Å². The first kappa shape index (κ1) is 18.9. The highest BCUT2D eigenvalue weighted by Crippen LogP contribution is 2.33. The maximum Gasteiger partial charge on any atom is 0.323 e. The molecule has 0 radical (unpaired) electrons. The highest BCUT2D eigenvalue weighted by molar-refractivity contribution is 5.88. The summed E-state index contributed by atoms with van der Waals surface area (Å²) < 4.78 is 9.45. The summed E-state index contributed by atoms with van der Waals surface area (Å²) in [4.78, 5) is 14.8. The van der Waals surface area contributed by atoms with Crippen LogP contribution in [0, 0.1) is 6.92 Å². The molecule has 1 aliphatic carbocycles. The molecule has 9 nitrogen and oxygen atoms in total. The van der Waals surface area contributed by atoms with Crippen LogP contribution >= 0.6 is 0 Å². The van der Waals surface area contributed by atoms with Gasteiger partial charge in [-0.3, -0.25) is 10.00 Å². The number of hydrogen-bond donors (Lipinski definition) is 1. The van der Waals surface area contributed by atoms with Crippen molar-refractivity contribution in [3.05, 3.63) is 23.9 Å².